The molecule has 0 bridgehead atoms. The minimum atomic E-state index is -0.302. The summed E-state index contributed by atoms with van der Waals surface area (Å²) in [5.41, 5.74) is 1.79. The predicted molar refractivity (Wildman–Crippen MR) is 89.2 cm³/mol. The fourth-order valence-corrected chi connectivity index (χ4v) is 2.69. The van der Waals surface area contributed by atoms with Crippen LogP contribution in [0.5, 0.6) is 5.75 Å². The third kappa shape index (κ3) is 2.90. The van der Waals surface area contributed by atoms with Crippen molar-refractivity contribution in [1.29, 1.82) is 0 Å². The van der Waals surface area contributed by atoms with Crippen LogP contribution in [0.3, 0.4) is 0 Å². The highest BCUT2D eigenvalue weighted by atomic mass is 16.3. The standard InChI is InChI=1S/C18H19N3O2/c1-11(2)15(21-18(23)13-7-9-19-10-13)14-6-5-12-4-3-8-20-16(12)17(14)22/h3-11,15,19,22H,1-2H3,(H,21,23). The number of benzene rings is 1. The highest BCUT2D eigenvalue weighted by Crippen LogP contribution is 2.34. The van der Waals surface area contributed by atoms with Gasteiger partial charge < -0.3 is 15.4 Å². The molecule has 3 N–H and O–H groups in total. The molecule has 1 aromatic carbocycles. The van der Waals surface area contributed by atoms with Crippen molar-refractivity contribution in [3.63, 3.8) is 0 Å². The van der Waals surface area contributed by atoms with Gasteiger partial charge in [0, 0.05) is 29.5 Å². The molecule has 2 heterocycles. The fraction of sp³-hybridized carbons (Fsp3) is 0.222. The summed E-state index contributed by atoms with van der Waals surface area (Å²) in [5.74, 6) is 0.0617. The summed E-state index contributed by atoms with van der Waals surface area (Å²) >= 11 is 0. The number of aromatic amines is 1. The SMILES string of the molecule is CC(C)C(NC(=O)c1cc[nH]c1)c1ccc2cccnc2c1O. The van der Waals surface area contributed by atoms with Gasteiger partial charge in [0.15, 0.2) is 0 Å². The molecule has 2 aromatic heterocycles. The second-order valence-electron chi connectivity index (χ2n) is 5.87. The minimum Gasteiger partial charge on any atom is -0.505 e. The number of nitrogens with one attached hydrogen (secondary N) is 2. The third-order valence-electron chi connectivity index (χ3n) is 3.93. The van der Waals surface area contributed by atoms with Gasteiger partial charge in [0.2, 0.25) is 0 Å². The number of hydrogen-bond donors (Lipinski definition) is 3. The average molecular weight is 309 g/mol. The summed E-state index contributed by atoms with van der Waals surface area (Å²) in [6.45, 7) is 4.01. The molecule has 0 aliphatic heterocycles. The molecule has 3 rings (SSSR count). The van der Waals surface area contributed by atoms with Crippen LogP contribution in [-0.2, 0) is 0 Å². The van der Waals surface area contributed by atoms with Crippen LogP contribution >= 0.6 is 0 Å². The molecule has 1 amide bonds. The van der Waals surface area contributed by atoms with Crippen LogP contribution < -0.4 is 5.32 Å². The lowest BCUT2D eigenvalue weighted by Crippen LogP contribution is -2.31. The molecule has 0 radical (unpaired) electrons. The first-order valence-electron chi connectivity index (χ1n) is 7.58. The minimum absolute atomic E-state index is 0.116. The lowest BCUT2D eigenvalue weighted by Gasteiger charge is -2.24. The second kappa shape index (κ2) is 6.12. The van der Waals surface area contributed by atoms with Gasteiger partial charge in [-0.3, -0.25) is 9.78 Å². The highest BCUT2D eigenvalue weighted by Gasteiger charge is 2.23. The van der Waals surface area contributed by atoms with Crippen molar-refractivity contribution in [3.8, 4) is 5.75 Å². The van der Waals surface area contributed by atoms with Crippen molar-refractivity contribution in [2.45, 2.75) is 19.9 Å². The van der Waals surface area contributed by atoms with Gasteiger partial charge in [-0.15, -0.1) is 0 Å². The van der Waals surface area contributed by atoms with Crippen molar-refractivity contribution in [1.82, 2.24) is 15.3 Å². The van der Waals surface area contributed by atoms with Gasteiger partial charge in [-0.1, -0.05) is 32.0 Å². The van der Waals surface area contributed by atoms with Gasteiger partial charge in [-0.05, 0) is 18.1 Å². The number of rotatable bonds is 4. The maximum absolute atomic E-state index is 12.3. The summed E-state index contributed by atoms with van der Waals surface area (Å²) in [6.07, 6.45) is 5.00. The molecule has 0 aliphatic carbocycles. The van der Waals surface area contributed by atoms with Crippen LogP contribution in [0.2, 0.25) is 0 Å². The number of carbonyl (C=O) groups excluding carboxylic acids is 1. The second-order valence-corrected chi connectivity index (χ2v) is 5.87. The van der Waals surface area contributed by atoms with Crippen LogP contribution in [0.25, 0.3) is 10.9 Å². The van der Waals surface area contributed by atoms with Crippen molar-refractivity contribution >= 4 is 16.8 Å². The van der Waals surface area contributed by atoms with Crippen LogP contribution in [0.1, 0.15) is 35.8 Å². The van der Waals surface area contributed by atoms with Gasteiger partial charge in [0.05, 0.1) is 11.6 Å². The molecule has 0 saturated heterocycles. The molecule has 23 heavy (non-hydrogen) atoms. The van der Waals surface area contributed by atoms with Gasteiger partial charge >= 0.3 is 0 Å². The van der Waals surface area contributed by atoms with Crippen LogP contribution in [0.15, 0.2) is 48.9 Å². The fourth-order valence-electron chi connectivity index (χ4n) is 2.69. The van der Waals surface area contributed by atoms with Gasteiger partial charge in [-0.2, -0.15) is 0 Å². The molecule has 118 valence electrons. The number of H-pyrrole nitrogens is 1. The van der Waals surface area contributed by atoms with Crippen molar-refractivity contribution in [2.75, 3.05) is 0 Å². The van der Waals surface area contributed by atoms with E-state index in [1.54, 1.807) is 24.7 Å². The zero-order chi connectivity index (χ0) is 16.4. The van der Waals surface area contributed by atoms with Crippen LogP contribution in [-0.4, -0.2) is 21.0 Å². The number of carbonyl (C=O) groups is 1. The quantitative estimate of drug-likeness (QED) is 0.691. The summed E-state index contributed by atoms with van der Waals surface area (Å²) in [6, 6.07) is 8.90. The Bertz CT molecular complexity index is 825. The van der Waals surface area contributed by atoms with E-state index in [1.165, 1.54) is 0 Å². The Labute approximate surface area is 134 Å². The topological polar surface area (TPSA) is 78.0 Å². The smallest absolute Gasteiger partial charge is 0.253 e. The first kappa shape index (κ1) is 15.1. The Morgan fingerprint density at radius 2 is 2.09 bits per heavy atom. The summed E-state index contributed by atoms with van der Waals surface area (Å²) in [4.78, 5) is 19.5. The molecular formula is C18H19N3O2. The molecule has 5 heteroatoms. The summed E-state index contributed by atoms with van der Waals surface area (Å²) < 4.78 is 0. The number of phenolic OH excluding ortho intramolecular Hbond substituents is 1. The number of phenols is 1. The number of amides is 1. The number of pyridine rings is 1. The van der Waals surface area contributed by atoms with E-state index in [9.17, 15) is 9.90 Å². The molecule has 1 unspecified atom stereocenters. The molecule has 1 atom stereocenters. The first-order valence-corrected chi connectivity index (χ1v) is 7.58. The van der Waals surface area contributed by atoms with Crippen molar-refractivity contribution in [3.05, 3.63) is 60.0 Å². The summed E-state index contributed by atoms with van der Waals surface area (Å²) in [5, 5.41) is 14.5. The van der Waals surface area contributed by atoms with E-state index in [0.29, 0.717) is 16.6 Å². The van der Waals surface area contributed by atoms with Gasteiger partial charge in [0.1, 0.15) is 11.3 Å². The maximum Gasteiger partial charge on any atom is 0.253 e. The number of hydrogen-bond acceptors (Lipinski definition) is 3. The highest BCUT2D eigenvalue weighted by molar-refractivity contribution is 5.94. The Kier molecular flexibility index (Phi) is 4.02. The molecule has 0 fully saturated rings. The van der Waals surface area contributed by atoms with E-state index >= 15 is 0 Å². The zero-order valence-electron chi connectivity index (χ0n) is 13.1. The number of aromatic hydroxyl groups is 1. The monoisotopic (exact) mass is 309 g/mol. The van der Waals surface area contributed by atoms with Gasteiger partial charge in [0.25, 0.3) is 5.91 Å². The van der Waals surface area contributed by atoms with E-state index in [1.807, 2.05) is 38.1 Å². The van der Waals surface area contributed by atoms with Crippen molar-refractivity contribution in [2.24, 2.45) is 5.92 Å². The maximum atomic E-state index is 12.3. The Balaban J connectivity index is 1.98. The van der Waals surface area contributed by atoms with E-state index in [4.69, 9.17) is 0 Å². The lowest BCUT2D eigenvalue weighted by molar-refractivity contribution is 0.0925. The number of fused-ring (bicyclic) bond motifs is 1. The molecule has 3 aromatic rings. The lowest BCUT2D eigenvalue weighted by atomic mass is 9.93. The summed E-state index contributed by atoms with van der Waals surface area (Å²) in [7, 11) is 0. The number of nitrogens with zero attached hydrogens (tertiary/aromatic N) is 1. The Morgan fingerprint density at radius 1 is 1.26 bits per heavy atom. The molecule has 0 aliphatic rings. The van der Waals surface area contributed by atoms with Crippen LogP contribution in [0.4, 0.5) is 0 Å². The normalized spacial score (nSPS) is 12.5. The van der Waals surface area contributed by atoms with Crippen molar-refractivity contribution < 1.29 is 9.90 Å². The Morgan fingerprint density at radius 3 is 2.78 bits per heavy atom. The van der Waals surface area contributed by atoms with E-state index in [2.05, 4.69) is 15.3 Å². The van der Waals surface area contributed by atoms with Crippen LogP contribution in [0, 0.1) is 5.92 Å². The molecular weight excluding hydrogens is 290 g/mol. The van der Waals surface area contributed by atoms with E-state index in [0.717, 1.165) is 5.39 Å². The number of aromatic nitrogens is 2. The largest absolute Gasteiger partial charge is 0.505 e. The predicted octanol–water partition coefficient (Wildman–Crippen LogP) is 3.40. The molecule has 0 saturated carbocycles. The average Bonchev–Trinajstić information content (AvgIpc) is 3.08. The van der Waals surface area contributed by atoms with Gasteiger partial charge in [-0.25, -0.2) is 0 Å². The van der Waals surface area contributed by atoms with E-state index in [-0.39, 0.29) is 23.6 Å². The molecule has 5 nitrogen and oxygen atoms in total. The first-order chi connectivity index (χ1) is 11.1. The zero-order valence-corrected chi connectivity index (χ0v) is 13.1. The Hall–Kier alpha value is -2.82. The third-order valence-corrected chi connectivity index (χ3v) is 3.93. The van der Waals surface area contributed by atoms with E-state index < -0.39 is 0 Å². The molecule has 0 spiro atoms.